The third-order valence-corrected chi connectivity index (χ3v) is 2.06. The number of nitrogens with one attached hydrogen (secondary N) is 1. The molecule has 0 aliphatic heterocycles. The van der Waals surface area contributed by atoms with Crippen molar-refractivity contribution in [1.29, 1.82) is 0 Å². The lowest BCUT2D eigenvalue weighted by atomic mass is 10.1. The van der Waals surface area contributed by atoms with Gasteiger partial charge in [0.25, 0.3) is 0 Å². The standard InChI is InChI=1S/C11H14N2O3/c12-11(16)9-3-1-2-8(6-9)7-13-5-4-10(14)15/h1-3,6,13H,4-5,7H2,(H2,12,16)(H,14,15). The summed E-state index contributed by atoms with van der Waals surface area (Å²) in [5.74, 6) is -1.30. The molecule has 0 heterocycles. The molecule has 0 radical (unpaired) electrons. The highest BCUT2D eigenvalue weighted by Crippen LogP contribution is 2.04. The van der Waals surface area contributed by atoms with Gasteiger partial charge in [-0.15, -0.1) is 0 Å². The van der Waals surface area contributed by atoms with Crippen molar-refractivity contribution >= 4 is 11.9 Å². The number of hydrogen-bond acceptors (Lipinski definition) is 3. The van der Waals surface area contributed by atoms with E-state index < -0.39 is 11.9 Å². The zero-order chi connectivity index (χ0) is 12.0. The summed E-state index contributed by atoms with van der Waals surface area (Å²) in [4.78, 5) is 21.1. The third kappa shape index (κ3) is 4.10. The zero-order valence-electron chi connectivity index (χ0n) is 8.77. The van der Waals surface area contributed by atoms with Gasteiger partial charge in [0.05, 0.1) is 6.42 Å². The lowest BCUT2D eigenvalue weighted by Gasteiger charge is -2.04. The van der Waals surface area contributed by atoms with E-state index in [2.05, 4.69) is 5.32 Å². The fourth-order valence-corrected chi connectivity index (χ4v) is 1.26. The number of amides is 1. The second-order valence-corrected chi connectivity index (χ2v) is 3.39. The van der Waals surface area contributed by atoms with Crippen molar-refractivity contribution in [3.05, 3.63) is 35.4 Å². The van der Waals surface area contributed by atoms with Crippen LogP contribution in [0.15, 0.2) is 24.3 Å². The number of carbonyl (C=O) groups excluding carboxylic acids is 1. The summed E-state index contributed by atoms with van der Waals surface area (Å²) in [6, 6.07) is 6.92. The van der Waals surface area contributed by atoms with Gasteiger partial charge in [-0.2, -0.15) is 0 Å². The first-order chi connectivity index (χ1) is 7.59. The van der Waals surface area contributed by atoms with Crippen LogP contribution in [0.4, 0.5) is 0 Å². The first-order valence-electron chi connectivity index (χ1n) is 4.91. The van der Waals surface area contributed by atoms with Crippen molar-refractivity contribution in [1.82, 2.24) is 5.32 Å². The summed E-state index contributed by atoms with van der Waals surface area (Å²) < 4.78 is 0. The number of primary amides is 1. The maximum Gasteiger partial charge on any atom is 0.304 e. The van der Waals surface area contributed by atoms with Gasteiger partial charge in [-0.05, 0) is 17.7 Å². The lowest BCUT2D eigenvalue weighted by molar-refractivity contribution is -0.136. The summed E-state index contributed by atoms with van der Waals surface area (Å²) in [7, 11) is 0. The Morgan fingerprint density at radius 2 is 2.12 bits per heavy atom. The average Bonchev–Trinajstić information content (AvgIpc) is 2.24. The molecule has 86 valence electrons. The van der Waals surface area contributed by atoms with Crippen LogP contribution in [0.2, 0.25) is 0 Å². The molecule has 5 nitrogen and oxygen atoms in total. The average molecular weight is 222 g/mol. The number of aliphatic carboxylic acids is 1. The molecule has 0 aromatic heterocycles. The van der Waals surface area contributed by atoms with E-state index in [9.17, 15) is 9.59 Å². The van der Waals surface area contributed by atoms with Crippen molar-refractivity contribution in [2.75, 3.05) is 6.54 Å². The minimum Gasteiger partial charge on any atom is -0.481 e. The normalized spacial score (nSPS) is 10.0. The summed E-state index contributed by atoms with van der Waals surface area (Å²) in [5, 5.41) is 11.4. The molecule has 0 atom stereocenters. The van der Waals surface area contributed by atoms with Crippen LogP contribution < -0.4 is 11.1 Å². The van der Waals surface area contributed by atoms with Gasteiger partial charge in [-0.25, -0.2) is 0 Å². The molecule has 1 aromatic rings. The molecule has 0 bridgehead atoms. The van der Waals surface area contributed by atoms with E-state index in [0.717, 1.165) is 5.56 Å². The summed E-state index contributed by atoms with van der Waals surface area (Å²) >= 11 is 0. The Hall–Kier alpha value is -1.88. The minimum atomic E-state index is -0.835. The minimum absolute atomic E-state index is 0.0789. The van der Waals surface area contributed by atoms with Gasteiger partial charge in [0.15, 0.2) is 0 Å². The molecule has 1 amide bonds. The fraction of sp³-hybridized carbons (Fsp3) is 0.273. The molecule has 1 rings (SSSR count). The monoisotopic (exact) mass is 222 g/mol. The Bertz CT molecular complexity index is 391. The van der Waals surface area contributed by atoms with Crippen LogP contribution in [0.1, 0.15) is 22.3 Å². The second kappa shape index (κ2) is 5.87. The van der Waals surface area contributed by atoms with Crippen LogP contribution in [-0.4, -0.2) is 23.5 Å². The van der Waals surface area contributed by atoms with E-state index >= 15 is 0 Å². The Balaban J connectivity index is 2.45. The van der Waals surface area contributed by atoms with Crippen molar-refractivity contribution < 1.29 is 14.7 Å². The third-order valence-electron chi connectivity index (χ3n) is 2.06. The van der Waals surface area contributed by atoms with Crippen LogP contribution in [0.5, 0.6) is 0 Å². The zero-order valence-corrected chi connectivity index (χ0v) is 8.77. The smallest absolute Gasteiger partial charge is 0.304 e. The molecular formula is C11H14N2O3. The molecule has 0 saturated carbocycles. The summed E-state index contributed by atoms with van der Waals surface area (Å²) in [5.41, 5.74) is 6.50. The molecule has 5 heteroatoms. The fourth-order valence-electron chi connectivity index (χ4n) is 1.26. The first kappa shape index (κ1) is 12.2. The molecule has 0 fully saturated rings. The number of carbonyl (C=O) groups is 2. The highest BCUT2D eigenvalue weighted by Gasteiger charge is 2.01. The Morgan fingerprint density at radius 3 is 2.75 bits per heavy atom. The molecule has 16 heavy (non-hydrogen) atoms. The van der Waals surface area contributed by atoms with E-state index in [4.69, 9.17) is 10.8 Å². The molecule has 0 aliphatic rings. The Morgan fingerprint density at radius 1 is 1.38 bits per heavy atom. The second-order valence-electron chi connectivity index (χ2n) is 3.39. The molecule has 1 aromatic carbocycles. The molecule has 0 spiro atoms. The van der Waals surface area contributed by atoms with E-state index in [-0.39, 0.29) is 6.42 Å². The number of rotatable bonds is 6. The quantitative estimate of drug-likeness (QED) is 0.605. The highest BCUT2D eigenvalue weighted by molar-refractivity contribution is 5.92. The Labute approximate surface area is 93.3 Å². The molecule has 4 N–H and O–H groups in total. The van der Waals surface area contributed by atoms with Gasteiger partial charge in [-0.1, -0.05) is 12.1 Å². The molecular weight excluding hydrogens is 208 g/mol. The molecule has 0 aliphatic carbocycles. The van der Waals surface area contributed by atoms with Gasteiger partial charge in [0.1, 0.15) is 0 Å². The van der Waals surface area contributed by atoms with Gasteiger partial charge in [0.2, 0.25) is 5.91 Å². The number of hydrogen-bond donors (Lipinski definition) is 3. The van der Waals surface area contributed by atoms with E-state index in [0.29, 0.717) is 18.7 Å². The van der Waals surface area contributed by atoms with Crippen LogP contribution in [-0.2, 0) is 11.3 Å². The van der Waals surface area contributed by atoms with Crippen molar-refractivity contribution in [2.45, 2.75) is 13.0 Å². The maximum atomic E-state index is 10.9. The van der Waals surface area contributed by atoms with Crippen molar-refractivity contribution in [3.8, 4) is 0 Å². The maximum absolute atomic E-state index is 10.9. The summed E-state index contributed by atoms with van der Waals surface area (Å²) in [6.45, 7) is 0.921. The van der Waals surface area contributed by atoms with E-state index in [1.807, 2.05) is 6.07 Å². The largest absolute Gasteiger partial charge is 0.481 e. The number of nitrogens with two attached hydrogens (primary N) is 1. The predicted molar refractivity (Wildman–Crippen MR) is 58.9 cm³/mol. The van der Waals surface area contributed by atoms with Crippen molar-refractivity contribution in [3.63, 3.8) is 0 Å². The number of carboxylic acid groups (broad SMARTS) is 1. The van der Waals surface area contributed by atoms with Crippen LogP contribution in [0, 0.1) is 0 Å². The molecule has 0 unspecified atom stereocenters. The molecule has 0 saturated heterocycles. The van der Waals surface area contributed by atoms with Gasteiger partial charge < -0.3 is 16.2 Å². The highest BCUT2D eigenvalue weighted by atomic mass is 16.4. The lowest BCUT2D eigenvalue weighted by Crippen LogP contribution is -2.18. The van der Waals surface area contributed by atoms with Crippen LogP contribution in [0.3, 0.4) is 0 Å². The Kier molecular flexibility index (Phi) is 4.47. The SMILES string of the molecule is NC(=O)c1cccc(CNCCC(=O)O)c1. The summed E-state index contributed by atoms with van der Waals surface area (Å²) in [6.07, 6.45) is 0.0789. The number of carboxylic acids is 1. The first-order valence-corrected chi connectivity index (χ1v) is 4.91. The predicted octanol–water partition coefficient (Wildman–Crippen LogP) is 0.350. The van der Waals surface area contributed by atoms with Gasteiger partial charge >= 0.3 is 5.97 Å². The van der Waals surface area contributed by atoms with Crippen LogP contribution in [0.25, 0.3) is 0 Å². The number of benzene rings is 1. The van der Waals surface area contributed by atoms with Crippen molar-refractivity contribution in [2.24, 2.45) is 5.73 Å². The van der Waals surface area contributed by atoms with Gasteiger partial charge in [0, 0.05) is 18.7 Å². The topological polar surface area (TPSA) is 92.4 Å². The van der Waals surface area contributed by atoms with E-state index in [1.165, 1.54) is 0 Å². The van der Waals surface area contributed by atoms with Gasteiger partial charge in [-0.3, -0.25) is 9.59 Å². The van der Waals surface area contributed by atoms with E-state index in [1.54, 1.807) is 18.2 Å². The van der Waals surface area contributed by atoms with Crippen LogP contribution >= 0.6 is 0 Å².